The molecule has 1 saturated heterocycles. The van der Waals surface area contributed by atoms with E-state index < -0.39 is 5.97 Å². The topological polar surface area (TPSA) is 99.5 Å². The molecule has 9 heteroatoms. The Kier molecular flexibility index (Phi) is 4.20. The number of carbonyl (C=O) groups excluding carboxylic acids is 1. The number of carboxylic acids is 1. The van der Waals surface area contributed by atoms with Crippen molar-refractivity contribution in [1.29, 1.82) is 0 Å². The molecule has 1 fully saturated rings. The lowest BCUT2D eigenvalue weighted by Crippen LogP contribution is -2.54. The van der Waals surface area contributed by atoms with Crippen LogP contribution in [0.15, 0.2) is 23.3 Å². The molecule has 8 nitrogen and oxygen atoms in total. The number of aromatic carboxylic acids is 1. The van der Waals surface area contributed by atoms with Gasteiger partial charge in [-0.3, -0.25) is 4.79 Å². The summed E-state index contributed by atoms with van der Waals surface area (Å²) in [5.74, 6) is -0.551. The Bertz CT molecular complexity index is 704. The molecule has 0 bridgehead atoms. The first kappa shape index (κ1) is 15.3. The quantitative estimate of drug-likeness (QED) is 0.894. The maximum Gasteiger partial charge on any atom is 0.356 e. The molecule has 2 aromatic rings. The number of aromatic nitrogens is 3. The van der Waals surface area contributed by atoms with Crippen LogP contribution in [0.4, 0.5) is 5.82 Å². The third-order valence-corrected chi connectivity index (χ3v) is 4.31. The van der Waals surface area contributed by atoms with Crippen LogP contribution >= 0.6 is 11.3 Å². The maximum atomic E-state index is 12.4. The lowest BCUT2D eigenvalue weighted by molar-refractivity contribution is 0.0663. The van der Waals surface area contributed by atoms with Gasteiger partial charge in [0.25, 0.3) is 5.91 Å². The number of carbonyl (C=O) groups is 2. The van der Waals surface area contributed by atoms with Gasteiger partial charge in [0.15, 0.2) is 5.69 Å². The highest BCUT2D eigenvalue weighted by Gasteiger charge is 2.29. The van der Waals surface area contributed by atoms with E-state index >= 15 is 0 Å². The van der Waals surface area contributed by atoms with E-state index in [0.29, 0.717) is 31.1 Å². The van der Waals surface area contributed by atoms with E-state index in [4.69, 9.17) is 5.11 Å². The molecule has 1 aliphatic rings. The molecule has 0 unspecified atom stereocenters. The van der Waals surface area contributed by atoms with Crippen LogP contribution in [0.25, 0.3) is 0 Å². The standard InChI is InChI=1S/C14H15N5O3S/c1-9-6-18(12-5-15-10(4-16-12)14(21)22)2-3-19(9)13(20)11-7-23-8-17-11/h4-5,7-9H,2-3,6H2,1H3,(H,21,22)/t9-/m0/s1. The number of carboxylic acid groups (broad SMARTS) is 1. The van der Waals surface area contributed by atoms with E-state index in [1.54, 1.807) is 15.8 Å². The van der Waals surface area contributed by atoms with E-state index in [1.807, 2.05) is 11.8 Å². The van der Waals surface area contributed by atoms with Crippen LogP contribution in [0.3, 0.4) is 0 Å². The fraction of sp³-hybridized carbons (Fsp3) is 0.357. The zero-order valence-corrected chi connectivity index (χ0v) is 13.2. The minimum atomic E-state index is -1.10. The van der Waals surface area contributed by atoms with Crippen LogP contribution in [0.2, 0.25) is 0 Å². The van der Waals surface area contributed by atoms with Gasteiger partial charge in [-0.05, 0) is 6.92 Å². The summed E-state index contributed by atoms with van der Waals surface area (Å²) in [5, 5.41) is 10.6. The number of hydrogen-bond acceptors (Lipinski definition) is 7. The molecule has 120 valence electrons. The molecule has 3 rings (SSSR count). The van der Waals surface area contributed by atoms with E-state index in [1.165, 1.54) is 23.7 Å². The fourth-order valence-electron chi connectivity index (χ4n) is 2.53. The first-order chi connectivity index (χ1) is 11.1. The molecule has 0 aliphatic carbocycles. The molecule has 2 aromatic heterocycles. The van der Waals surface area contributed by atoms with E-state index in [2.05, 4.69) is 15.0 Å². The number of nitrogens with zero attached hydrogens (tertiary/aromatic N) is 5. The lowest BCUT2D eigenvalue weighted by Gasteiger charge is -2.40. The summed E-state index contributed by atoms with van der Waals surface area (Å²) in [7, 11) is 0. The largest absolute Gasteiger partial charge is 0.476 e. The summed E-state index contributed by atoms with van der Waals surface area (Å²) in [6.45, 7) is 3.74. The highest BCUT2D eigenvalue weighted by Crippen LogP contribution is 2.18. The second-order valence-electron chi connectivity index (χ2n) is 5.23. The summed E-state index contributed by atoms with van der Waals surface area (Å²) < 4.78 is 0. The van der Waals surface area contributed by atoms with Crippen molar-refractivity contribution in [3.63, 3.8) is 0 Å². The van der Waals surface area contributed by atoms with Crippen molar-refractivity contribution in [3.8, 4) is 0 Å². The third-order valence-electron chi connectivity index (χ3n) is 3.72. The average molecular weight is 333 g/mol. The van der Waals surface area contributed by atoms with Crippen molar-refractivity contribution in [2.24, 2.45) is 0 Å². The highest BCUT2D eigenvalue weighted by atomic mass is 32.1. The number of anilines is 1. The van der Waals surface area contributed by atoms with Crippen LogP contribution < -0.4 is 4.90 Å². The van der Waals surface area contributed by atoms with Gasteiger partial charge >= 0.3 is 5.97 Å². The second-order valence-corrected chi connectivity index (χ2v) is 5.95. The van der Waals surface area contributed by atoms with Crippen molar-refractivity contribution in [2.45, 2.75) is 13.0 Å². The van der Waals surface area contributed by atoms with Crippen molar-refractivity contribution in [1.82, 2.24) is 19.9 Å². The zero-order valence-electron chi connectivity index (χ0n) is 12.4. The van der Waals surface area contributed by atoms with Gasteiger partial charge in [0.05, 0.1) is 17.9 Å². The normalized spacial score (nSPS) is 18.0. The van der Waals surface area contributed by atoms with Crippen LogP contribution in [0.1, 0.15) is 27.9 Å². The maximum absolute atomic E-state index is 12.4. The predicted octanol–water partition coefficient (Wildman–Crippen LogP) is 0.982. The minimum absolute atomic E-state index is 0.00102. The fourth-order valence-corrected chi connectivity index (χ4v) is 3.05. The summed E-state index contributed by atoms with van der Waals surface area (Å²) in [4.78, 5) is 39.1. The number of thiazole rings is 1. The van der Waals surface area contributed by atoms with Crippen molar-refractivity contribution in [3.05, 3.63) is 34.7 Å². The van der Waals surface area contributed by atoms with Crippen molar-refractivity contribution in [2.75, 3.05) is 24.5 Å². The van der Waals surface area contributed by atoms with E-state index in [-0.39, 0.29) is 17.6 Å². The van der Waals surface area contributed by atoms with Gasteiger partial charge in [0.2, 0.25) is 0 Å². The molecule has 0 spiro atoms. The van der Waals surface area contributed by atoms with Crippen LogP contribution in [-0.2, 0) is 0 Å². The summed E-state index contributed by atoms with van der Waals surface area (Å²) in [6, 6.07) is -0.00102. The van der Waals surface area contributed by atoms with Crippen LogP contribution in [0, 0.1) is 0 Å². The summed E-state index contributed by atoms with van der Waals surface area (Å²) in [5.41, 5.74) is 2.04. The molecule has 0 saturated carbocycles. The van der Waals surface area contributed by atoms with E-state index in [0.717, 1.165) is 0 Å². The Balaban J connectivity index is 1.68. The first-order valence-electron chi connectivity index (χ1n) is 7.05. The van der Waals surface area contributed by atoms with Gasteiger partial charge in [-0.15, -0.1) is 11.3 Å². The molecule has 1 N–H and O–H groups in total. The number of piperazine rings is 1. The molecule has 1 aliphatic heterocycles. The minimum Gasteiger partial charge on any atom is -0.476 e. The van der Waals surface area contributed by atoms with Crippen LogP contribution in [-0.4, -0.2) is 62.5 Å². The summed E-state index contributed by atoms with van der Waals surface area (Å²) in [6.07, 6.45) is 2.70. The van der Waals surface area contributed by atoms with Crippen molar-refractivity contribution >= 4 is 29.0 Å². The molecule has 23 heavy (non-hydrogen) atoms. The molecule has 1 amide bonds. The lowest BCUT2D eigenvalue weighted by atomic mass is 10.1. The zero-order chi connectivity index (χ0) is 16.4. The Morgan fingerprint density at radius 1 is 1.22 bits per heavy atom. The Labute approximate surface area is 136 Å². The Morgan fingerprint density at radius 2 is 2.04 bits per heavy atom. The molecule has 1 atom stereocenters. The van der Waals surface area contributed by atoms with E-state index in [9.17, 15) is 9.59 Å². The summed E-state index contributed by atoms with van der Waals surface area (Å²) >= 11 is 1.40. The monoisotopic (exact) mass is 333 g/mol. The van der Waals surface area contributed by atoms with Gasteiger partial charge in [-0.1, -0.05) is 0 Å². The molecule has 0 aromatic carbocycles. The Hall–Kier alpha value is -2.55. The van der Waals surface area contributed by atoms with Gasteiger partial charge in [-0.25, -0.2) is 19.7 Å². The second kappa shape index (κ2) is 6.29. The van der Waals surface area contributed by atoms with Gasteiger partial charge < -0.3 is 14.9 Å². The average Bonchev–Trinajstić information content (AvgIpc) is 3.08. The van der Waals surface area contributed by atoms with Crippen molar-refractivity contribution < 1.29 is 14.7 Å². The number of rotatable bonds is 3. The van der Waals surface area contributed by atoms with Gasteiger partial charge in [0, 0.05) is 31.1 Å². The molecule has 0 radical (unpaired) electrons. The van der Waals surface area contributed by atoms with Gasteiger partial charge in [-0.2, -0.15) is 0 Å². The Morgan fingerprint density at radius 3 is 2.61 bits per heavy atom. The van der Waals surface area contributed by atoms with Crippen LogP contribution in [0.5, 0.6) is 0 Å². The highest BCUT2D eigenvalue weighted by molar-refractivity contribution is 7.07. The predicted molar refractivity (Wildman–Crippen MR) is 83.8 cm³/mol. The third kappa shape index (κ3) is 3.14. The molecular weight excluding hydrogens is 318 g/mol. The van der Waals surface area contributed by atoms with Gasteiger partial charge in [0.1, 0.15) is 11.5 Å². The molecular formula is C14H15N5O3S. The number of amides is 1. The smallest absolute Gasteiger partial charge is 0.356 e. The SMILES string of the molecule is C[C@H]1CN(c2cnc(C(=O)O)cn2)CCN1C(=O)c1cscn1. The first-order valence-corrected chi connectivity index (χ1v) is 8.00. The number of hydrogen-bond donors (Lipinski definition) is 1. The molecule has 3 heterocycles.